The molecule has 0 radical (unpaired) electrons. The maximum atomic E-state index is 14.0. The minimum absolute atomic E-state index is 0.0334. The summed E-state index contributed by atoms with van der Waals surface area (Å²) in [6.07, 6.45) is 11.9. The van der Waals surface area contributed by atoms with Crippen LogP contribution in [0.1, 0.15) is 106 Å². The van der Waals surface area contributed by atoms with Gasteiger partial charge in [-0.25, -0.2) is 4.79 Å². The van der Waals surface area contributed by atoms with E-state index in [0.29, 0.717) is 66.7 Å². The van der Waals surface area contributed by atoms with Crippen LogP contribution in [0, 0.1) is 17.8 Å². The average Bonchev–Trinajstić information content (AvgIpc) is 3.25. The van der Waals surface area contributed by atoms with Crippen LogP contribution in [0.3, 0.4) is 0 Å². The van der Waals surface area contributed by atoms with Crippen molar-refractivity contribution < 1.29 is 53.1 Å². The van der Waals surface area contributed by atoms with Crippen LogP contribution < -0.4 is 14.2 Å². The first-order valence-electron chi connectivity index (χ1n) is 21.5. The smallest absolute Gasteiger partial charge is 0.410 e. The summed E-state index contributed by atoms with van der Waals surface area (Å²) in [4.78, 5) is 33.9. The lowest BCUT2D eigenvalue weighted by molar-refractivity contribution is -0.255. The summed E-state index contributed by atoms with van der Waals surface area (Å²) in [5, 5.41) is 24.7. The zero-order chi connectivity index (χ0) is 41.8. The molecule has 0 spiro atoms. The molecule has 59 heavy (non-hydrogen) atoms. The van der Waals surface area contributed by atoms with Gasteiger partial charge in [-0.1, -0.05) is 37.1 Å². The third kappa shape index (κ3) is 9.80. The number of aldehydes is 1. The number of benzene rings is 2. The van der Waals surface area contributed by atoms with Crippen LogP contribution in [-0.2, 0) is 19.0 Å². The molecular formula is C46H62N2O11. The standard InChI is InChI=1S/C46H62N2O11/c1-5-21-48(45(52)54-7-3)41-29-38(47-59-42-16-10-13-25-55-42)36-27-31(14-8-11-22-49)35(15-9-12-23-50)43-37-28-34(57-33-17-19-39(53-4)32(26-33)30-51)18-20-40(37)58-46(41,44(36)43)56-24-6-2/h6,17-20,26-28,30-31,35,41-44,49-50H,2,5,7-16,21-25,29H2,1,3-4H3/t31-,35+,41-,42?,43+,44+,46+/m0/s1. The highest BCUT2D eigenvalue weighted by molar-refractivity contribution is 6.03. The molecule has 0 bridgehead atoms. The molecule has 1 saturated heterocycles. The molecular weight excluding hydrogens is 757 g/mol. The monoisotopic (exact) mass is 818 g/mol. The molecule has 2 fully saturated rings. The van der Waals surface area contributed by atoms with Gasteiger partial charge in [0.05, 0.1) is 44.1 Å². The summed E-state index contributed by atoms with van der Waals surface area (Å²) < 4.78 is 37.8. The number of aliphatic hydroxyl groups excluding tert-OH is 2. The molecule has 2 N–H and O–H groups in total. The van der Waals surface area contributed by atoms with Crippen LogP contribution in [0.2, 0.25) is 0 Å². The molecule has 2 aromatic rings. The Morgan fingerprint density at radius 1 is 1.05 bits per heavy atom. The van der Waals surface area contributed by atoms with Crippen LogP contribution in [0.15, 0.2) is 65.9 Å². The predicted octanol–water partition coefficient (Wildman–Crippen LogP) is 8.33. The Hall–Kier alpha value is -4.43. The number of oxime groups is 1. The van der Waals surface area contributed by atoms with Crippen molar-refractivity contribution in [3.05, 3.63) is 71.8 Å². The van der Waals surface area contributed by atoms with E-state index in [0.717, 1.165) is 62.4 Å². The molecule has 13 heteroatoms. The van der Waals surface area contributed by atoms with Gasteiger partial charge in [0, 0.05) is 44.1 Å². The van der Waals surface area contributed by atoms with Crippen LogP contribution >= 0.6 is 0 Å². The van der Waals surface area contributed by atoms with Crippen molar-refractivity contribution in [2.75, 3.05) is 46.7 Å². The number of rotatable bonds is 21. The molecule has 2 heterocycles. The first kappa shape index (κ1) is 44.1. The van der Waals surface area contributed by atoms with Gasteiger partial charge in [0.25, 0.3) is 0 Å². The molecule has 7 atom stereocenters. The molecule has 0 aromatic heterocycles. The summed E-state index contributed by atoms with van der Waals surface area (Å²) in [5.74, 6) is 0.0425. The van der Waals surface area contributed by atoms with Gasteiger partial charge in [-0.3, -0.25) is 9.69 Å². The quantitative estimate of drug-likeness (QED) is 0.0541. The fourth-order valence-corrected chi connectivity index (χ4v) is 9.45. The molecule has 1 saturated carbocycles. The number of carbonyl (C=O) groups is 2. The number of aliphatic hydroxyl groups is 2. The Labute approximate surface area is 348 Å². The van der Waals surface area contributed by atoms with Gasteiger partial charge in [0.2, 0.25) is 12.1 Å². The van der Waals surface area contributed by atoms with E-state index in [2.05, 4.69) is 12.7 Å². The molecule has 13 nitrogen and oxygen atoms in total. The lowest BCUT2D eigenvalue weighted by Crippen LogP contribution is -2.70. The topological polar surface area (TPSA) is 155 Å². The van der Waals surface area contributed by atoms with E-state index in [4.69, 9.17) is 38.4 Å². The van der Waals surface area contributed by atoms with Crippen LogP contribution in [-0.4, -0.2) is 98.0 Å². The molecule has 322 valence electrons. The summed E-state index contributed by atoms with van der Waals surface area (Å²) in [6, 6.07) is 10.2. The van der Waals surface area contributed by atoms with Crippen molar-refractivity contribution >= 4 is 18.1 Å². The van der Waals surface area contributed by atoms with E-state index >= 15 is 0 Å². The lowest BCUT2D eigenvalue weighted by Gasteiger charge is -2.59. The first-order chi connectivity index (χ1) is 28.9. The summed E-state index contributed by atoms with van der Waals surface area (Å²) in [7, 11) is 1.52. The van der Waals surface area contributed by atoms with Crippen molar-refractivity contribution in [1.82, 2.24) is 4.90 Å². The van der Waals surface area contributed by atoms with Gasteiger partial charge < -0.3 is 43.5 Å². The van der Waals surface area contributed by atoms with Crippen molar-refractivity contribution in [2.45, 2.75) is 109 Å². The number of methoxy groups -OCH3 is 1. The third-order valence-corrected chi connectivity index (χ3v) is 12.0. The Morgan fingerprint density at radius 3 is 2.53 bits per heavy atom. The van der Waals surface area contributed by atoms with Gasteiger partial charge >= 0.3 is 6.09 Å². The van der Waals surface area contributed by atoms with Crippen molar-refractivity contribution in [1.29, 1.82) is 0 Å². The Bertz CT molecular complexity index is 1790. The van der Waals surface area contributed by atoms with E-state index in [1.807, 2.05) is 25.1 Å². The van der Waals surface area contributed by atoms with Crippen molar-refractivity contribution in [3.63, 3.8) is 0 Å². The minimum Gasteiger partial charge on any atom is -0.496 e. The normalized spacial score (nSPS) is 26.4. The third-order valence-electron chi connectivity index (χ3n) is 12.0. The van der Waals surface area contributed by atoms with Crippen molar-refractivity contribution in [3.8, 4) is 23.0 Å². The van der Waals surface area contributed by atoms with Gasteiger partial charge in [-0.05, 0) is 106 Å². The number of carbonyl (C=O) groups excluding carboxylic acids is 2. The first-order valence-corrected chi connectivity index (χ1v) is 21.5. The lowest BCUT2D eigenvalue weighted by atomic mass is 9.55. The Balaban J connectivity index is 1.57. The molecule has 2 aliphatic heterocycles. The molecule has 2 aliphatic carbocycles. The zero-order valence-electron chi connectivity index (χ0n) is 34.9. The molecule has 6 rings (SSSR count). The second-order valence-corrected chi connectivity index (χ2v) is 15.7. The van der Waals surface area contributed by atoms with E-state index < -0.39 is 30.1 Å². The number of allylic oxidation sites excluding steroid dienone is 1. The van der Waals surface area contributed by atoms with E-state index in [-0.39, 0.29) is 50.6 Å². The number of nitrogens with zero attached hydrogens (tertiary/aromatic N) is 2. The van der Waals surface area contributed by atoms with Gasteiger partial charge in [0.1, 0.15) is 29.0 Å². The Morgan fingerprint density at radius 2 is 1.83 bits per heavy atom. The predicted molar refractivity (Wildman–Crippen MR) is 222 cm³/mol. The number of fused-ring (bicyclic) bond motifs is 2. The van der Waals surface area contributed by atoms with Crippen LogP contribution in [0.5, 0.6) is 23.0 Å². The second kappa shape index (κ2) is 21.2. The zero-order valence-corrected chi connectivity index (χ0v) is 34.9. The number of ether oxygens (including phenoxy) is 6. The van der Waals surface area contributed by atoms with Gasteiger partial charge in [-0.2, -0.15) is 0 Å². The maximum Gasteiger partial charge on any atom is 0.410 e. The highest BCUT2D eigenvalue weighted by atomic mass is 16.8. The molecule has 1 unspecified atom stereocenters. The van der Waals surface area contributed by atoms with E-state index in [1.54, 1.807) is 36.1 Å². The van der Waals surface area contributed by atoms with E-state index in [9.17, 15) is 19.8 Å². The fourth-order valence-electron chi connectivity index (χ4n) is 9.45. The highest BCUT2D eigenvalue weighted by Crippen LogP contribution is 2.62. The fraction of sp³-hybridized carbons (Fsp3) is 0.587. The van der Waals surface area contributed by atoms with Gasteiger partial charge in [0.15, 0.2) is 6.29 Å². The van der Waals surface area contributed by atoms with Crippen LogP contribution in [0.25, 0.3) is 0 Å². The summed E-state index contributed by atoms with van der Waals surface area (Å²) in [6.45, 7) is 9.33. The molecule has 4 aliphatic rings. The summed E-state index contributed by atoms with van der Waals surface area (Å²) >= 11 is 0. The van der Waals surface area contributed by atoms with E-state index in [1.165, 1.54) is 7.11 Å². The molecule has 1 amide bonds. The van der Waals surface area contributed by atoms with Crippen molar-refractivity contribution in [2.24, 2.45) is 22.9 Å². The van der Waals surface area contributed by atoms with Crippen LogP contribution in [0.4, 0.5) is 4.79 Å². The largest absolute Gasteiger partial charge is 0.496 e. The number of hydrogen-bond donors (Lipinski definition) is 2. The highest BCUT2D eigenvalue weighted by Gasteiger charge is 2.65. The number of hydrogen-bond acceptors (Lipinski definition) is 12. The second-order valence-electron chi connectivity index (χ2n) is 15.7. The molecule has 2 aromatic carbocycles. The maximum absolute atomic E-state index is 14.0. The number of amides is 1. The minimum atomic E-state index is -1.40. The average molecular weight is 819 g/mol. The SMILES string of the molecule is C=CCO[C@@]12Oc3ccc(Oc4ccc(OC)c(C=O)c4)cc3[C@H]3[C@H](CCCCO)[C@@H](CCCCO)C=C(C(=NOC4CCCCO4)C[C@@H]1N(CCC)C(=O)OCC)[C@H]32. The summed E-state index contributed by atoms with van der Waals surface area (Å²) in [5.41, 5.74) is 2.91. The van der Waals surface area contributed by atoms with Gasteiger partial charge in [-0.15, -0.1) is 6.58 Å². The Kier molecular flexibility index (Phi) is 15.9. The number of unbranched alkanes of at least 4 members (excludes halogenated alkanes) is 2.